The number of ether oxygens (including phenoxy) is 1. The van der Waals surface area contributed by atoms with Crippen molar-refractivity contribution >= 4 is 33.4 Å². The van der Waals surface area contributed by atoms with Gasteiger partial charge in [-0.2, -0.15) is 0 Å². The second kappa shape index (κ2) is 6.78. The molecule has 0 bridgehead atoms. The van der Waals surface area contributed by atoms with Crippen LogP contribution >= 0.6 is 27.5 Å². The average Bonchev–Trinajstić information content (AvgIpc) is 2.29. The third-order valence-electron chi connectivity index (χ3n) is 2.55. The molecule has 20 heavy (non-hydrogen) atoms. The maximum atomic E-state index is 12.2. The van der Waals surface area contributed by atoms with Crippen LogP contribution in [0.4, 0.5) is 0 Å². The quantitative estimate of drug-likeness (QED) is 0.873. The number of aliphatic hydroxyl groups is 1. The maximum absolute atomic E-state index is 12.2. The smallest absolute Gasteiger partial charge is 0.263 e. The molecule has 1 amide bonds. The molecule has 1 N–H and O–H groups in total. The molecule has 0 saturated heterocycles. The van der Waals surface area contributed by atoms with Crippen molar-refractivity contribution in [2.45, 2.75) is 32.5 Å². The highest BCUT2D eigenvalue weighted by Crippen LogP contribution is 2.28. The molecule has 0 aliphatic heterocycles. The van der Waals surface area contributed by atoms with Gasteiger partial charge in [0.25, 0.3) is 5.91 Å². The number of hydrogen-bond donors (Lipinski definition) is 1. The molecule has 0 aromatic heterocycles. The Bertz CT molecular complexity index is 488. The molecular weight excluding hydrogens is 346 g/mol. The van der Waals surface area contributed by atoms with Gasteiger partial charge in [-0.25, -0.2) is 0 Å². The minimum atomic E-state index is -0.939. The van der Waals surface area contributed by atoms with Crippen molar-refractivity contribution in [2.75, 3.05) is 13.6 Å². The highest BCUT2D eigenvalue weighted by molar-refractivity contribution is 9.10. The van der Waals surface area contributed by atoms with Gasteiger partial charge in [0, 0.05) is 18.6 Å². The molecule has 4 nitrogen and oxygen atoms in total. The maximum Gasteiger partial charge on any atom is 0.263 e. The third-order valence-corrected chi connectivity index (χ3v) is 3.40. The molecule has 1 unspecified atom stereocenters. The van der Waals surface area contributed by atoms with Gasteiger partial charge in [0.2, 0.25) is 0 Å². The van der Waals surface area contributed by atoms with E-state index in [1.54, 1.807) is 46.0 Å². The number of halogens is 2. The van der Waals surface area contributed by atoms with Crippen LogP contribution in [0.25, 0.3) is 0 Å². The number of likely N-dealkylation sites (N-methyl/N-ethyl adjacent to an activating group) is 1. The van der Waals surface area contributed by atoms with E-state index in [1.807, 2.05) is 0 Å². The van der Waals surface area contributed by atoms with E-state index >= 15 is 0 Å². The lowest BCUT2D eigenvalue weighted by Crippen LogP contribution is -2.44. The predicted molar refractivity (Wildman–Crippen MR) is 83.2 cm³/mol. The number of carbonyl (C=O) groups excluding carboxylic acids is 1. The van der Waals surface area contributed by atoms with Crippen LogP contribution in [0, 0.1) is 0 Å². The Morgan fingerprint density at radius 2 is 2.15 bits per heavy atom. The SMILES string of the molecule is CC(Oc1ccc(Cl)cc1Br)C(=O)N(C)CC(C)(C)O. The Morgan fingerprint density at radius 1 is 1.55 bits per heavy atom. The molecular formula is C14H19BrClNO3. The fourth-order valence-electron chi connectivity index (χ4n) is 1.78. The summed E-state index contributed by atoms with van der Waals surface area (Å²) in [5.74, 6) is 0.348. The summed E-state index contributed by atoms with van der Waals surface area (Å²) >= 11 is 9.19. The molecule has 0 radical (unpaired) electrons. The van der Waals surface area contributed by atoms with Crippen LogP contribution in [0.1, 0.15) is 20.8 Å². The number of benzene rings is 1. The van der Waals surface area contributed by atoms with Gasteiger partial charge in [-0.05, 0) is 54.9 Å². The summed E-state index contributed by atoms with van der Waals surface area (Å²) < 4.78 is 6.31. The second-order valence-electron chi connectivity index (χ2n) is 5.34. The molecule has 112 valence electrons. The highest BCUT2D eigenvalue weighted by Gasteiger charge is 2.24. The van der Waals surface area contributed by atoms with Gasteiger partial charge in [-0.3, -0.25) is 4.79 Å². The molecule has 6 heteroatoms. The van der Waals surface area contributed by atoms with Gasteiger partial charge in [-0.1, -0.05) is 11.6 Å². The van der Waals surface area contributed by atoms with Gasteiger partial charge < -0.3 is 14.7 Å². The zero-order valence-corrected chi connectivity index (χ0v) is 14.3. The Kier molecular flexibility index (Phi) is 5.86. The molecule has 0 spiro atoms. The zero-order chi connectivity index (χ0) is 15.5. The number of amides is 1. The molecule has 1 aromatic carbocycles. The van der Waals surface area contributed by atoms with Gasteiger partial charge in [0.05, 0.1) is 10.1 Å². The van der Waals surface area contributed by atoms with Crippen LogP contribution in [0.3, 0.4) is 0 Å². The first kappa shape index (κ1) is 17.3. The molecule has 0 aliphatic rings. The molecule has 0 aliphatic carbocycles. The summed E-state index contributed by atoms with van der Waals surface area (Å²) in [6.07, 6.45) is -0.653. The van der Waals surface area contributed by atoms with E-state index in [0.717, 1.165) is 0 Å². The first-order chi connectivity index (χ1) is 9.10. The Hall–Kier alpha value is -0.780. The molecule has 0 saturated carbocycles. The lowest BCUT2D eigenvalue weighted by atomic mass is 10.1. The van der Waals surface area contributed by atoms with Crippen molar-refractivity contribution in [1.29, 1.82) is 0 Å². The van der Waals surface area contributed by atoms with E-state index in [1.165, 1.54) is 4.90 Å². The van der Waals surface area contributed by atoms with Crippen molar-refractivity contribution in [3.8, 4) is 5.75 Å². The van der Waals surface area contributed by atoms with Crippen LogP contribution in [0.15, 0.2) is 22.7 Å². The molecule has 1 atom stereocenters. The Balaban J connectivity index is 2.70. The lowest BCUT2D eigenvalue weighted by Gasteiger charge is -2.28. The standard InChI is InChI=1S/C14H19BrClNO3/c1-9(13(18)17(4)8-14(2,3)19)20-12-6-5-10(16)7-11(12)15/h5-7,9,19H,8H2,1-4H3. The summed E-state index contributed by atoms with van der Waals surface area (Å²) in [5.41, 5.74) is -0.939. The second-order valence-corrected chi connectivity index (χ2v) is 6.63. The summed E-state index contributed by atoms with van der Waals surface area (Å²) in [6.45, 7) is 5.21. The number of rotatable bonds is 5. The van der Waals surface area contributed by atoms with Crippen molar-refractivity contribution < 1.29 is 14.6 Å². The predicted octanol–water partition coefficient (Wildman–Crippen LogP) is 3.10. The van der Waals surface area contributed by atoms with Crippen LogP contribution in [-0.4, -0.2) is 41.2 Å². The largest absolute Gasteiger partial charge is 0.480 e. The van der Waals surface area contributed by atoms with Crippen LogP contribution < -0.4 is 4.74 Å². The van der Waals surface area contributed by atoms with Gasteiger partial charge >= 0.3 is 0 Å². The van der Waals surface area contributed by atoms with Crippen LogP contribution in [0.2, 0.25) is 5.02 Å². The number of carbonyl (C=O) groups is 1. The molecule has 0 heterocycles. The van der Waals surface area contributed by atoms with E-state index < -0.39 is 11.7 Å². The first-order valence-corrected chi connectivity index (χ1v) is 7.36. The minimum Gasteiger partial charge on any atom is -0.480 e. The van der Waals surface area contributed by atoms with Crippen molar-refractivity contribution in [1.82, 2.24) is 4.90 Å². The average molecular weight is 365 g/mol. The summed E-state index contributed by atoms with van der Waals surface area (Å²) in [4.78, 5) is 13.6. The van der Waals surface area contributed by atoms with Gasteiger partial charge in [0.1, 0.15) is 5.75 Å². The molecule has 0 fully saturated rings. The molecule has 1 aromatic rings. The topological polar surface area (TPSA) is 49.8 Å². The summed E-state index contributed by atoms with van der Waals surface area (Å²) in [7, 11) is 1.64. The van der Waals surface area contributed by atoms with Crippen molar-refractivity contribution in [2.24, 2.45) is 0 Å². The van der Waals surface area contributed by atoms with E-state index in [0.29, 0.717) is 15.2 Å². The number of nitrogens with zero attached hydrogens (tertiary/aromatic N) is 1. The normalized spacial score (nSPS) is 12.9. The lowest BCUT2D eigenvalue weighted by molar-refractivity contribution is -0.139. The summed E-state index contributed by atoms with van der Waals surface area (Å²) in [6, 6.07) is 5.10. The summed E-state index contributed by atoms with van der Waals surface area (Å²) in [5, 5.41) is 10.3. The molecule has 1 rings (SSSR count). The Labute approximate surface area is 132 Å². The third kappa shape index (κ3) is 5.31. The minimum absolute atomic E-state index is 0.200. The zero-order valence-electron chi connectivity index (χ0n) is 12.0. The highest BCUT2D eigenvalue weighted by atomic mass is 79.9. The van der Waals surface area contributed by atoms with E-state index in [-0.39, 0.29) is 12.5 Å². The van der Waals surface area contributed by atoms with Gasteiger partial charge in [-0.15, -0.1) is 0 Å². The fraction of sp³-hybridized carbons (Fsp3) is 0.500. The number of hydrogen-bond acceptors (Lipinski definition) is 3. The van der Waals surface area contributed by atoms with Crippen LogP contribution in [0.5, 0.6) is 5.75 Å². The van der Waals surface area contributed by atoms with E-state index in [2.05, 4.69) is 15.9 Å². The van der Waals surface area contributed by atoms with E-state index in [4.69, 9.17) is 16.3 Å². The van der Waals surface area contributed by atoms with Crippen molar-refractivity contribution in [3.63, 3.8) is 0 Å². The van der Waals surface area contributed by atoms with Gasteiger partial charge in [0.15, 0.2) is 6.10 Å². The van der Waals surface area contributed by atoms with Crippen molar-refractivity contribution in [3.05, 3.63) is 27.7 Å². The Morgan fingerprint density at radius 3 is 2.65 bits per heavy atom. The van der Waals surface area contributed by atoms with Crippen LogP contribution in [-0.2, 0) is 4.79 Å². The monoisotopic (exact) mass is 363 g/mol. The fourth-order valence-corrected chi connectivity index (χ4v) is 2.56. The van der Waals surface area contributed by atoms with E-state index in [9.17, 15) is 9.90 Å². The first-order valence-electron chi connectivity index (χ1n) is 6.19.